The highest BCUT2D eigenvalue weighted by molar-refractivity contribution is 6.22. The van der Waals surface area contributed by atoms with E-state index in [-0.39, 0.29) is 0 Å². The predicted molar refractivity (Wildman–Crippen MR) is 172 cm³/mol. The van der Waals surface area contributed by atoms with E-state index in [4.69, 9.17) is 0 Å². The number of fused-ring (bicyclic) bond motifs is 1. The molecule has 0 fully saturated rings. The SMILES string of the molecule is Cc1ccc(-c2c(-c3ccc(C)cc3)c(-c3ccc(C)cc3)c3c(C(=O)O)cccc3c2-c2ccc(C)cc2)cc1. The van der Waals surface area contributed by atoms with Crippen LogP contribution in [0.15, 0.2) is 115 Å². The molecule has 2 heteroatoms. The van der Waals surface area contributed by atoms with Crippen molar-refractivity contribution in [2.45, 2.75) is 27.7 Å². The van der Waals surface area contributed by atoms with Gasteiger partial charge in [-0.05, 0) is 83.7 Å². The Morgan fingerprint density at radius 2 is 0.780 bits per heavy atom. The van der Waals surface area contributed by atoms with E-state index in [1.54, 1.807) is 6.07 Å². The van der Waals surface area contributed by atoms with Crippen molar-refractivity contribution in [3.8, 4) is 44.5 Å². The zero-order valence-corrected chi connectivity index (χ0v) is 23.8. The molecule has 1 N–H and O–H groups in total. The summed E-state index contributed by atoms with van der Waals surface area (Å²) in [5.74, 6) is -0.934. The fourth-order valence-electron chi connectivity index (χ4n) is 5.76. The number of hydrogen-bond acceptors (Lipinski definition) is 1. The summed E-state index contributed by atoms with van der Waals surface area (Å²) in [7, 11) is 0. The molecule has 0 amide bonds. The number of carboxylic acids is 1. The second-order valence-corrected chi connectivity index (χ2v) is 11.0. The van der Waals surface area contributed by atoms with E-state index < -0.39 is 5.97 Å². The highest BCUT2D eigenvalue weighted by Gasteiger charge is 2.26. The Hall–Kier alpha value is -4.95. The standard InChI is InChI=1S/C39H32O2/c1-24-8-16-28(17-9-24)34-32-6-5-7-33(39(40)41)38(32)37(31-22-14-27(4)15-23-31)36(30-20-12-26(3)13-21-30)35(34)29-18-10-25(2)11-19-29/h5-23H,1-4H3,(H,40,41). The fraction of sp³-hybridized carbons (Fsp3) is 0.103. The molecule has 0 bridgehead atoms. The van der Waals surface area contributed by atoms with Gasteiger partial charge in [0.05, 0.1) is 5.56 Å². The van der Waals surface area contributed by atoms with Crippen LogP contribution in [0.3, 0.4) is 0 Å². The molecule has 0 saturated heterocycles. The van der Waals surface area contributed by atoms with Gasteiger partial charge < -0.3 is 5.11 Å². The molecule has 0 aromatic heterocycles. The van der Waals surface area contributed by atoms with Crippen LogP contribution in [0.1, 0.15) is 32.6 Å². The number of aromatic carboxylic acids is 1. The minimum absolute atomic E-state index is 0.301. The average molecular weight is 533 g/mol. The van der Waals surface area contributed by atoms with Gasteiger partial charge in [0.1, 0.15) is 0 Å². The highest BCUT2D eigenvalue weighted by Crippen LogP contribution is 2.51. The van der Waals surface area contributed by atoms with Crippen LogP contribution in [0.5, 0.6) is 0 Å². The molecule has 0 atom stereocenters. The van der Waals surface area contributed by atoms with Gasteiger partial charge in [0.2, 0.25) is 0 Å². The first-order valence-electron chi connectivity index (χ1n) is 14.0. The first-order chi connectivity index (χ1) is 19.8. The third kappa shape index (κ3) is 4.83. The molecule has 0 spiro atoms. The molecular formula is C39H32O2. The zero-order chi connectivity index (χ0) is 28.7. The zero-order valence-electron chi connectivity index (χ0n) is 23.8. The molecular weight excluding hydrogens is 500 g/mol. The quantitative estimate of drug-likeness (QED) is 0.240. The second kappa shape index (κ2) is 10.6. The lowest BCUT2D eigenvalue weighted by atomic mass is 9.77. The van der Waals surface area contributed by atoms with Crippen LogP contribution < -0.4 is 0 Å². The molecule has 0 aliphatic carbocycles. The van der Waals surface area contributed by atoms with Gasteiger partial charge in [-0.2, -0.15) is 0 Å². The largest absolute Gasteiger partial charge is 0.478 e. The molecule has 6 aromatic carbocycles. The fourth-order valence-corrected chi connectivity index (χ4v) is 5.76. The molecule has 0 heterocycles. The summed E-state index contributed by atoms with van der Waals surface area (Å²) in [6, 6.07) is 39.9. The molecule has 0 unspecified atom stereocenters. The molecule has 200 valence electrons. The lowest BCUT2D eigenvalue weighted by molar-refractivity contribution is 0.0699. The van der Waals surface area contributed by atoms with Crippen molar-refractivity contribution in [1.82, 2.24) is 0 Å². The van der Waals surface area contributed by atoms with Gasteiger partial charge in [-0.3, -0.25) is 0 Å². The molecule has 0 aliphatic heterocycles. The lowest BCUT2D eigenvalue weighted by Crippen LogP contribution is -2.03. The van der Waals surface area contributed by atoms with Gasteiger partial charge in [0.15, 0.2) is 0 Å². The van der Waals surface area contributed by atoms with Crippen molar-refractivity contribution < 1.29 is 9.90 Å². The topological polar surface area (TPSA) is 37.3 Å². The molecule has 0 saturated carbocycles. The van der Waals surface area contributed by atoms with E-state index in [1.807, 2.05) is 6.07 Å². The van der Waals surface area contributed by atoms with E-state index >= 15 is 0 Å². The Labute approximate surface area is 241 Å². The highest BCUT2D eigenvalue weighted by atomic mass is 16.4. The van der Waals surface area contributed by atoms with E-state index in [0.29, 0.717) is 5.56 Å². The smallest absolute Gasteiger partial charge is 0.336 e. The third-order valence-corrected chi connectivity index (χ3v) is 7.93. The van der Waals surface area contributed by atoms with E-state index in [1.165, 1.54) is 16.7 Å². The second-order valence-electron chi connectivity index (χ2n) is 11.0. The van der Waals surface area contributed by atoms with Crippen molar-refractivity contribution >= 4 is 16.7 Å². The van der Waals surface area contributed by atoms with Crippen molar-refractivity contribution in [1.29, 1.82) is 0 Å². The van der Waals surface area contributed by atoms with Crippen molar-refractivity contribution in [2.24, 2.45) is 0 Å². The number of carboxylic acid groups (broad SMARTS) is 1. The summed E-state index contributed by atoms with van der Waals surface area (Å²) in [5, 5.41) is 12.2. The van der Waals surface area contributed by atoms with Crippen molar-refractivity contribution in [3.63, 3.8) is 0 Å². The maximum absolute atomic E-state index is 12.8. The lowest BCUT2D eigenvalue weighted by Gasteiger charge is -2.25. The summed E-state index contributed by atoms with van der Waals surface area (Å²) in [6.45, 7) is 8.35. The van der Waals surface area contributed by atoms with Crippen LogP contribution in [0.2, 0.25) is 0 Å². The number of aryl methyl sites for hydroxylation is 4. The molecule has 0 aliphatic rings. The Bertz CT molecular complexity index is 1890. The van der Waals surface area contributed by atoms with Crippen LogP contribution in [0.4, 0.5) is 0 Å². The summed E-state index contributed by atoms with van der Waals surface area (Å²) >= 11 is 0. The minimum atomic E-state index is -0.934. The monoisotopic (exact) mass is 532 g/mol. The maximum atomic E-state index is 12.8. The summed E-state index contributed by atoms with van der Waals surface area (Å²) in [5.41, 5.74) is 13.3. The first-order valence-corrected chi connectivity index (χ1v) is 14.0. The van der Waals surface area contributed by atoms with Gasteiger partial charge in [-0.1, -0.05) is 131 Å². The molecule has 6 aromatic rings. The predicted octanol–water partition coefficient (Wildman–Crippen LogP) is 10.4. The maximum Gasteiger partial charge on any atom is 0.336 e. The van der Waals surface area contributed by atoms with E-state index in [2.05, 4.69) is 131 Å². The van der Waals surface area contributed by atoms with Crippen LogP contribution in [-0.2, 0) is 0 Å². The molecule has 6 rings (SSSR count). The summed E-state index contributed by atoms with van der Waals surface area (Å²) in [6.07, 6.45) is 0. The normalized spacial score (nSPS) is 11.1. The minimum Gasteiger partial charge on any atom is -0.478 e. The third-order valence-electron chi connectivity index (χ3n) is 7.93. The van der Waals surface area contributed by atoms with Crippen molar-refractivity contribution in [2.75, 3.05) is 0 Å². The molecule has 2 nitrogen and oxygen atoms in total. The van der Waals surface area contributed by atoms with Crippen LogP contribution in [-0.4, -0.2) is 11.1 Å². The van der Waals surface area contributed by atoms with Gasteiger partial charge in [0, 0.05) is 5.39 Å². The van der Waals surface area contributed by atoms with Gasteiger partial charge in [-0.25, -0.2) is 4.79 Å². The Balaban J connectivity index is 1.93. The number of hydrogen-bond donors (Lipinski definition) is 1. The van der Waals surface area contributed by atoms with Crippen LogP contribution >= 0.6 is 0 Å². The van der Waals surface area contributed by atoms with Crippen molar-refractivity contribution in [3.05, 3.63) is 143 Å². The Morgan fingerprint density at radius 1 is 0.439 bits per heavy atom. The van der Waals surface area contributed by atoms with Gasteiger partial charge in [0.25, 0.3) is 0 Å². The van der Waals surface area contributed by atoms with Gasteiger partial charge in [-0.15, -0.1) is 0 Å². The van der Waals surface area contributed by atoms with Crippen LogP contribution in [0, 0.1) is 27.7 Å². The number of benzene rings is 6. The Morgan fingerprint density at radius 3 is 1.17 bits per heavy atom. The molecule has 41 heavy (non-hydrogen) atoms. The number of carbonyl (C=O) groups is 1. The Kier molecular flexibility index (Phi) is 6.77. The van der Waals surface area contributed by atoms with E-state index in [0.717, 1.165) is 60.8 Å². The summed E-state index contributed by atoms with van der Waals surface area (Å²) < 4.78 is 0. The average Bonchev–Trinajstić information content (AvgIpc) is 2.97. The first kappa shape index (κ1) is 26.3. The van der Waals surface area contributed by atoms with E-state index in [9.17, 15) is 9.90 Å². The molecule has 0 radical (unpaired) electrons. The van der Waals surface area contributed by atoms with Gasteiger partial charge >= 0.3 is 5.97 Å². The summed E-state index contributed by atoms with van der Waals surface area (Å²) in [4.78, 5) is 12.8. The van der Waals surface area contributed by atoms with Crippen LogP contribution in [0.25, 0.3) is 55.3 Å². The number of rotatable bonds is 5.